The number of rotatable bonds is 9. The Morgan fingerprint density at radius 2 is 1.61 bits per heavy atom. The lowest BCUT2D eigenvalue weighted by Gasteiger charge is -2.10. The van der Waals surface area contributed by atoms with E-state index in [0.717, 1.165) is 6.42 Å². The molecule has 0 saturated heterocycles. The zero-order valence-electron chi connectivity index (χ0n) is 17.2. The highest BCUT2D eigenvalue weighted by Crippen LogP contribution is 2.21. The Hall–Kier alpha value is -1.22. The molecule has 0 aliphatic rings. The minimum absolute atomic E-state index is 0.644. The van der Waals surface area contributed by atoms with Gasteiger partial charge in [-0.25, -0.2) is 0 Å². The molecular weight excluding hydrogens is 276 g/mol. The molecule has 0 N–H and O–H groups in total. The average molecular weight is 319 g/mol. The van der Waals surface area contributed by atoms with E-state index >= 15 is 0 Å². The third-order valence-corrected chi connectivity index (χ3v) is 3.10. The lowest BCUT2D eigenvalue weighted by atomic mass is 9.96. The van der Waals surface area contributed by atoms with Crippen LogP contribution in [0, 0.1) is 18.3 Å². The molecule has 0 heterocycles. The molecule has 0 saturated carbocycles. The maximum absolute atomic E-state index is 4.60. The highest BCUT2D eigenvalue weighted by atomic mass is 14.1. The van der Waals surface area contributed by atoms with Crippen molar-refractivity contribution < 1.29 is 0 Å². The van der Waals surface area contributed by atoms with Crippen LogP contribution in [0.25, 0.3) is 0 Å². The normalized spacial score (nSPS) is 11.5. The quantitative estimate of drug-likeness (QED) is 0.229. The minimum atomic E-state index is 0.644. The first-order valence-electron chi connectivity index (χ1n) is 9.48. The molecule has 0 atom stereocenters. The van der Waals surface area contributed by atoms with Crippen molar-refractivity contribution in [3.8, 4) is 12.3 Å². The van der Waals surface area contributed by atoms with Gasteiger partial charge in [0.05, 0.1) is 0 Å². The van der Waals surface area contributed by atoms with Crippen molar-refractivity contribution in [2.45, 2.75) is 93.9 Å². The molecule has 0 aliphatic heterocycles. The van der Waals surface area contributed by atoms with Crippen LogP contribution < -0.4 is 0 Å². The van der Waals surface area contributed by atoms with Gasteiger partial charge in [-0.2, -0.15) is 0 Å². The highest BCUT2D eigenvalue weighted by molar-refractivity contribution is 5.26. The van der Waals surface area contributed by atoms with E-state index in [9.17, 15) is 0 Å². The second-order valence-electron chi connectivity index (χ2n) is 5.54. The Morgan fingerprint density at radius 1 is 1.04 bits per heavy atom. The van der Waals surface area contributed by atoms with E-state index in [1.807, 2.05) is 13.8 Å². The Labute approximate surface area is 148 Å². The van der Waals surface area contributed by atoms with E-state index in [1.165, 1.54) is 32.1 Å². The van der Waals surface area contributed by atoms with Gasteiger partial charge in [-0.15, -0.1) is 12.3 Å². The van der Waals surface area contributed by atoms with E-state index in [1.54, 1.807) is 18.1 Å². The van der Waals surface area contributed by atoms with Gasteiger partial charge in [0.2, 0.25) is 0 Å². The summed E-state index contributed by atoms with van der Waals surface area (Å²) in [6, 6.07) is 0. The Balaban J connectivity index is -0.000000710. The summed E-state index contributed by atoms with van der Waals surface area (Å²) >= 11 is 0. The van der Waals surface area contributed by atoms with Crippen LogP contribution in [0.15, 0.2) is 35.5 Å². The molecule has 0 bridgehead atoms. The summed E-state index contributed by atoms with van der Waals surface area (Å²) < 4.78 is 0. The lowest BCUT2D eigenvalue weighted by Crippen LogP contribution is -1.91. The summed E-state index contributed by atoms with van der Waals surface area (Å²) in [4.78, 5) is 0. The minimum Gasteiger partial charge on any atom is -0.120 e. The van der Waals surface area contributed by atoms with E-state index in [0.29, 0.717) is 5.92 Å². The predicted octanol–water partition coefficient (Wildman–Crippen LogP) is 8.12. The molecule has 0 aliphatic carbocycles. The van der Waals surface area contributed by atoms with Crippen LogP contribution in [0.2, 0.25) is 0 Å². The molecular formula is C23H42. The third-order valence-electron chi connectivity index (χ3n) is 3.10. The zero-order valence-corrected chi connectivity index (χ0v) is 17.2. The van der Waals surface area contributed by atoms with Crippen LogP contribution in [0.5, 0.6) is 0 Å². The van der Waals surface area contributed by atoms with Crippen molar-refractivity contribution in [1.29, 1.82) is 0 Å². The summed E-state index contributed by atoms with van der Waals surface area (Å²) in [7, 11) is 0. The fraction of sp³-hybridized carbons (Fsp3) is 0.652. The van der Waals surface area contributed by atoms with Gasteiger partial charge in [-0.05, 0) is 50.5 Å². The topological polar surface area (TPSA) is 0 Å². The van der Waals surface area contributed by atoms with Gasteiger partial charge in [0.1, 0.15) is 0 Å². The zero-order chi connectivity index (χ0) is 18.5. The Bertz CT molecular complexity index is 345. The number of hydrogen-bond donors (Lipinski definition) is 0. The fourth-order valence-corrected chi connectivity index (χ4v) is 2.08. The van der Waals surface area contributed by atoms with Crippen LogP contribution in [0.1, 0.15) is 93.9 Å². The maximum Gasteiger partial charge on any atom is -0.00297 e. The smallest absolute Gasteiger partial charge is 0.00297 e. The largest absolute Gasteiger partial charge is 0.120 e. The van der Waals surface area contributed by atoms with Crippen LogP contribution in [-0.4, -0.2) is 0 Å². The van der Waals surface area contributed by atoms with Gasteiger partial charge in [-0.3, -0.25) is 0 Å². The van der Waals surface area contributed by atoms with Gasteiger partial charge < -0.3 is 0 Å². The molecule has 0 radical (unpaired) electrons. The highest BCUT2D eigenvalue weighted by Gasteiger charge is 2.01. The first kappa shape index (κ1) is 26.7. The lowest BCUT2D eigenvalue weighted by molar-refractivity contribution is 0.811. The van der Waals surface area contributed by atoms with Crippen molar-refractivity contribution >= 4 is 0 Å². The molecule has 0 aromatic heterocycles. The van der Waals surface area contributed by atoms with Crippen molar-refractivity contribution in [3.05, 3.63) is 35.5 Å². The monoisotopic (exact) mass is 318 g/mol. The van der Waals surface area contributed by atoms with E-state index in [-0.39, 0.29) is 0 Å². The first-order chi connectivity index (χ1) is 11.1. The van der Waals surface area contributed by atoms with E-state index < -0.39 is 0 Å². The molecule has 0 rings (SSSR count). The van der Waals surface area contributed by atoms with E-state index in [2.05, 4.69) is 71.3 Å². The molecule has 134 valence electrons. The van der Waals surface area contributed by atoms with Crippen molar-refractivity contribution in [1.82, 2.24) is 0 Å². The fourth-order valence-electron chi connectivity index (χ4n) is 2.08. The standard InChI is InChI=1S/C18H32.C3H4.C2H6/c1-6-9-10-11-13-18(15-14-16(4)5)17(8-3)12-7-2;1-3-2;1-2/h9-10,14-16H,6-8,11-13H2,1-5H3;1H,2H3;1-2H3/b10-9-,15-14-,18-17+;;. The molecule has 0 amide bonds. The summed E-state index contributed by atoms with van der Waals surface area (Å²) in [6.45, 7) is 16.9. The first-order valence-corrected chi connectivity index (χ1v) is 9.48. The second kappa shape index (κ2) is 23.1. The van der Waals surface area contributed by atoms with E-state index in [4.69, 9.17) is 0 Å². The summed E-state index contributed by atoms with van der Waals surface area (Å²) in [6.07, 6.45) is 21.1. The summed E-state index contributed by atoms with van der Waals surface area (Å²) in [5.41, 5.74) is 3.23. The van der Waals surface area contributed by atoms with Crippen molar-refractivity contribution in [3.63, 3.8) is 0 Å². The average Bonchev–Trinajstić information content (AvgIpc) is 2.55. The summed E-state index contributed by atoms with van der Waals surface area (Å²) in [5, 5.41) is 0. The van der Waals surface area contributed by atoms with Gasteiger partial charge in [0.15, 0.2) is 0 Å². The number of terminal acetylenes is 1. The molecule has 0 nitrogen and oxygen atoms in total. The van der Waals surface area contributed by atoms with Gasteiger partial charge >= 0.3 is 0 Å². The van der Waals surface area contributed by atoms with Gasteiger partial charge in [0.25, 0.3) is 0 Å². The maximum atomic E-state index is 4.60. The van der Waals surface area contributed by atoms with Gasteiger partial charge in [0, 0.05) is 0 Å². The molecule has 0 unspecified atom stereocenters. The van der Waals surface area contributed by atoms with Crippen molar-refractivity contribution in [2.24, 2.45) is 5.92 Å². The number of allylic oxidation sites excluding steroid dienone is 6. The molecule has 0 heteroatoms. The van der Waals surface area contributed by atoms with Crippen LogP contribution >= 0.6 is 0 Å². The number of hydrogen-bond acceptors (Lipinski definition) is 0. The third kappa shape index (κ3) is 20.8. The summed E-state index contributed by atoms with van der Waals surface area (Å²) in [5.74, 6) is 2.89. The molecule has 0 aromatic rings. The van der Waals surface area contributed by atoms with Crippen molar-refractivity contribution in [2.75, 3.05) is 0 Å². The second-order valence-corrected chi connectivity index (χ2v) is 5.54. The molecule has 0 fully saturated rings. The molecule has 23 heavy (non-hydrogen) atoms. The Kier molecular flexibility index (Phi) is 26.7. The predicted molar refractivity (Wildman–Crippen MR) is 111 cm³/mol. The van der Waals surface area contributed by atoms with Crippen LogP contribution in [-0.2, 0) is 0 Å². The van der Waals surface area contributed by atoms with Crippen LogP contribution in [0.4, 0.5) is 0 Å². The molecule has 0 spiro atoms. The van der Waals surface area contributed by atoms with Crippen LogP contribution in [0.3, 0.4) is 0 Å². The molecule has 0 aromatic carbocycles. The van der Waals surface area contributed by atoms with Gasteiger partial charge in [-0.1, -0.05) is 84.8 Å². The SMILES string of the molecule is C#CC.CC.CC/C=C\CCC(/C=C\C(C)C)=C(/CC)CCC. The Morgan fingerprint density at radius 3 is 2.00 bits per heavy atom.